The number of carbonyl (C=O) groups excluding carboxylic acids is 1. The maximum absolute atomic E-state index is 12.8. The molecule has 0 aliphatic carbocycles. The van der Waals surface area contributed by atoms with E-state index < -0.39 is 17.9 Å². The van der Waals surface area contributed by atoms with Crippen LogP contribution in [0.4, 0.5) is 11.5 Å². The Bertz CT molecular complexity index is 1140. The predicted molar refractivity (Wildman–Crippen MR) is 113 cm³/mol. The number of carboxylic acid groups (broad SMARTS) is 1. The van der Waals surface area contributed by atoms with Crippen molar-refractivity contribution < 1.29 is 14.7 Å². The molecule has 1 aliphatic rings. The predicted octanol–water partition coefficient (Wildman–Crippen LogP) is 4.53. The lowest BCUT2D eigenvalue weighted by Crippen LogP contribution is -2.25. The minimum atomic E-state index is -1.12. The number of amides is 1. The number of aliphatic carboxylic acids is 1. The summed E-state index contributed by atoms with van der Waals surface area (Å²) < 4.78 is 2.44. The van der Waals surface area contributed by atoms with Gasteiger partial charge in [-0.3, -0.25) is 4.79 Å². The van der Waals surface area contributed by atoms with Crippen molar-refractivity contribution in [3.8, 4) is 0 Å². The fraction of sp³-hybridized carbons (Fsp3) is 0.0500. The summed E-state index contributed by atoms with van der Waals surface area (Å²) in [7, 11) is 0. The number of fused-ring (bicyclic) bond motifs is 1. The van der Waals surface area contributed by atoms with Crippen LogP contribution >= 0.6 is 27.5 Å². The zero-order valence-corrected chi connectivity index (χ0v) is 17.1. The van der Waals surface area contributed by atoms with Crippen molar-refractivity contribution >= 4 is 50.9 Å². The van der Waals surface area contributed by atoms with E-state index in [4.69, 9.17) is 11.6 Å². The first-order valence-electron chi connectivity index (χ1n) is 8.54. The Morgan fingerprint density at radius 3 is 2.66 bits per heavy atom. The number of rotatable bonds is 4. The average Bonchev–Trinajstić information content (AvgIpc) is 3.13. The van der Waals surface area contributed by atoms with Gasteiger partial charge in [0.2, 0.25) is 0 Å². The maximum atomic E-state index is 12.8. The van der Waals surface area contributed by atoms with E-state index in [1.54, 1.807) is 35.0 Å². The largest absolute Gasteiger partial charge is 0.477 e. The second kappa shape index (κ2) is 7.73. The van der Waals surface area contributed by atoms with Gasteiger partial charge in [-0.15, -0.1) is 0 Å². The second-order valence-corrected chi connectivity index (χ2v) is 7.67. The average molecular weight is 474 g/mol. The molecule has 3 N–H and O–H groups in total. The molecule has 0 bridgehead atoms. The molecule has 146 valence electrons. The van der Waals surface area contributed by atoms with Crippen LogP contribution in [-0.4, -0.2) is 26.8 Å². The fourth-order valence-corrected chi connectivity index (χ4v) is 3.59. The van der Waals surface area contributed by atoms with E-state index in [2.05, 4.69) is 31.7 Å². The summed E-state index contributed by atoms with van der Waals surface area (Å²) in [6, 6.07) is 13.7. The minimum Gasteiger partial charge on any atom is -0.477 e. The van der Waals surface area contributed by atoms with Crippen molar-refractivity contribution in [1.29, 1.82) is 0 Å². The molecule has 7 nitrogen and oxygen atoms in total. The molecule has 9 heteroatoms. The molecule has 1 amide bonds. The normalized spacial score (nSPS) is 15.1. The number of anilines is 2. The molecule has 2 heterocycles. The van der Waals surface area contributed by atoms with E-state index in [1.165, 1.54) is 6.20 Å². The van der Waals surface area contributed by atoms with Crippen LogP contribution < -0.4 is 10.6 Å². The van der Waals surface area contributed by atoms with Crippen LogP contribution in [0.3, 0.4) is 0 Å². The number of hydrogen-bond acceptors (Lipinski definition) is 4. The van der Waals surface area contributed by atoms with Crippen molar-refractivity contribution in [2.24, 2.45) is 0 Å². The van der Waals surface area contributed by atoms with Gasteiger partial charge < -0.3 is 15.7 Å². The molecule has 1 aliphatic heterocycles. The standard InChI is InChI=1S/C20H14BrClN4O3/c21-12-3-1-2-11(8-12)17-9-16(20(28)29)25-18-15(10-23-26(17)18)19(27)24-14-6-4-13(22)5-7-14/h1-10,17,25H,(H,24,27)(H,28,29)/t17-/m1/s1. The lowest BCUT2D eigenvalue weighted by Gasteiger charge is -2.24. The van der Waals surface area contributed by atoms with E-state index in [1.807, 2.05) is 24.3 Å². The van der Waals surface area contributed by atoms with E-state index in [0.29, 0.717) is 16.5 Å². The van der Waals surface area contributed by atoms with Crippen molar-refractivity contribution in [2.45, 2.75) is 6.04 Å². The van der Waals surface area contributed by atoms with Crippen molar-refractivity contribution in [1.82, 2.24) is 9.78 Å². The lowest BCUT2D eigenvalue weighted by molar-refractivity contribution is -0.132. The zero-order valence-electron chi connectivity index (χ0n) is 14.8. The number of allylic oxidation sites excluding steroid dienone is 1. The number of aromatic nitrogens is 2. The van der Waals surface area contributed by atoms with Crippen molar-refractivity contribution in [3.05, 3.63) is 87.1 Å². The first kappa shape index (κ1) is 19.2. The van der Waals surface area contributed by atoms with Gasteiger partial charge in [0.1, 0.15) is 17.1 Å². The Balaban J connectivity index is 1.72. The quantitative estimate of drug-likeness (QED) is 0.517. The first-order valence-corrected chi connectivity index (χ1v) is 9.71. The summed E-state index contributed by atoms with van der Waals surface area (Å²) in [5.41, 5.74) is 1.59. The highest BCUT2D eigenvalue weighted by Gasteiger charge is 2.29. The molecule has 4 rings (SSSR count). The molecule has 29 heavy (non-hydrogen) atoms. The van der Waals surface area contributed by atoms with Gasteiger partial charge in [-0.1, -0.05) is 39.7 Å². The molecule has 2 aromatic carbocycles. The molecular formula is C20H14BrClN4O3. The molecular weight excluding hydrogens is 460 g/mol. The summed E-state index contributed by atoms with van der Waals surface area (Å²) in [4.78, 5) is 24.4. The van der Waals surface area contributed by atoms with Crippen LogP contribution in [0.1, 0.15) is 22.0 Å². The molecule has 0 saturated carbocycles. The highest BCUT2D eigenvalue weighted by molar-refractivity contribution is 9.10. The fourth-order valence-electron chi connectivity index (χ4n) is 3.05. The van der Waals surface area contributed by atoms with Crippen molar-refractivity contribution in [2.75, 3.05) is 10.6 Å². The number of carbonyl (C=O) groups is 2. The summed E-state index contributed by atoms with van der Waals surface area (Å²) in [6.07, 6.45) is 2.97. The number of halogens is 2. The zero-order chi connectivity index (χ0) is 20.5. The summed E-state index contributed by atoms with van der Waals surface area (Å²) in [6.45, 7) is 0. The van der Waals surface area contributed by atoms with Gasteiger partial charge in [-0.2, -0.15) is 5.10 Å². The number of nitrogens with zero attached hydrogens (tertiary/aromatic N) is 2. The van der Waals surface area contributed by atoms with Gasteiger partial charge in [-0.25, -0.2) is 9.48 Å². The molecule has 0 spiro atoms. The van der Waals surface area contributed by atoms with Gasteiger partial charge >= 0.3 is 5.97 Å². The van der Waals surface area contributed by atoms with Crippen LogP contribution in [0.2, 0.25) is 5.02 Å². The van der Waals surface area contributed by atoms with Gasteiger partial charge in [0.15, 0.2) is 0 Å². The highest BCUT2D eigenvalue weighted by Crippen LogP contribution is 2.33. The van der Waals surface area contributed by atoms with Gasteiger partial charge in [0.05, 0.1) is 12.2 Å². The Kier molecular flexibility index (Phi) is 5.12. The number of hydrogen-bond donors (Lipinski definition) is 3. The SMILES string of the molecule is O=C(O)C1=C[C@H](c2cccc(Br)c2)n2ncc(C(=O)Nc3ccc(Cl)cc3)c2N1. The third kappa shape index (κ3) is 3.90. The van der Waals surface area contributed by atoms with Gasteiger partial charge in [0.25, 0.3) is 5.91 Å². The third-order valence-corrected chi connectivity index (χ3v) is 5.15. The molecule has 0 saturated heterocycles. The minimum absolute atomic E-state index is 0.0245. The molecule has 1 aromatic heterocycles. The Hall–Kier alpha value is -3.10. The van der Waals surface area contributed by atoms with E-state index in [0.717, 1.165) is 10.0 Å². The smallest absolute Gasteiger partial charge is 0.352 e. The van der Waals surface area contributed by atoms with Crippen molar-refractivity contribution in [3.63, 3.8) is 0 Å². The number of benzene rings is 2. The highest BCUT2D eigenvalue weighted by atomic mass is 79.9. The molecule has 3 aromatic rings. The summed E-state index contributed by atoms with van der Waals surface area (Å²) in [5.74, 6) is -1.23. The molecule has 0 radical (unpaired) electrons. The van der Waals surface area contributed by atoms with E-state index in [9.17, 15) is 14.7 Å². The third-order valence-electron chi connectivity index (χ3n) is 4.40. The number of nitrogens with one attached hydrogen (secondary N) is 2. The first-order chi connectivity index (χ1) is 13.9. The summed E-state index contributed by atoms with van der Waals surface area (Å²) >= 11 is 9.30. The maximum Gasteiger partial charge on any atom is 0.352 e. The van der Waals surface area contributed by atoms with Crippen LogP contribution in [-0.2, 0) is 4.79 Å². The van der Waals surface area contributed by atoms with Gasteiger partial charge in [0, 0.05) is 15.2 Å². The molecule has 1 atom stereocenters. The van der Waals surface area contributed by atoms with Crippen LogP contribution in [0.5, 0.6) is 0 Å². The lowest BCUT2D eigenvalue weighted by atomic mass is 10.0. The summed E-state index contributed by atoms with van der Waals surface area (Å²) in [5, 5.41) is 20.0. The van der Waals surface area contributed by atoms with Crippen LogP contribution in [0, 0.1) is 0 Å². The second-order valence-electron chi connectivity index (χ2n) is 6.32. The van der Waals surface area contributed by atoms with Crippen LogP contribution in [0.15, 0.2) is 71.0 Å². The Labute approximate surface area is 179 Å². The van der Waals surface area contributed by atoms with Gasteiger partial charge in [-0.05, 0) is 48.0 Å². The molecule has 0 fully saturated rings. The Morgan fingerprint density at radius 1 is 1.21 bits per heavy atom. The Morgan fingerprint density at radius 2 is 1.97 bits per heavy atom. The van der Waals surface area contributed by atoms with Crippen LogP contribution in [0.25, 0.3) is 0 Å². The molecule has 0 unspecified atom stereocenters. The monoisotopic (exact) mass is 472 g/mol. The van der Waals surface area contributed by atoms with E-state index >= 15 is 0 Å². The topological polar surface area (TPSA) is 96.2 Å². The number of carboxylic acids is 1. The van der Waals surface area contributed by atoms with E-state index in [-0.39, 0.29) is 11.3 Å².